The SMILES string of the molecule is c1ccc(-c2cccc3c2oc2c(-c4ccc5cc(-c6cc7c8c(cccc8c6)-c6ccccc6-7)ccc5c4)cccc23)cc1. The molecule has 1 nitrogen and oxygen atoms in total. The van der Waals surface area contributed by atoms with Gasteiger partial charge in [-0.3, -0.25) is 0 Å². The van der Waals surface area contributed by atoms with Crippen molar-refractivity contribution < 1.29 is 4.42 Å². The highest BCUT2D eigenvalue weighted by atomic mass is 16.3. The third kappa shape index (κ3) is 3.62. The second-order valence-electron chi connectivity index (χ2n) is 12.1. The first-order valence-electron chi connectivity index (χ1n) is 15.5. The first-order chi connectivity index (χ1) is 22.3. The highest BCUT2D eigenvalue weighted by Crippen LogP contribution is 2.48. The van der Waals surface area contributed by atoms with Crippen molar-refractivity contribution in [1.82, 2.24) is 0 Å². The van der Waals surface area contributed by atoms with E-state index in [1.807, 2.05) is 0 Å². The van der Waals surface area contributed by atoms with Gasteiger partial charge in [-0.1, -0.05) is 133 Å². The van der Waals surface area contributed by atoms with Crippen LogP contribution in [0.25, 0.3) is 99.1 Å². The van der Waals surface area contributed by atoms with Crippen LogP contribution in [0.3, 0.4) is 0 Å². The maximum absolute atomic E-state index is 6.70. The maximum atomic E-state index is 6.70. The van der Waals surface area contributed by atoms with Crippen molar-refractivity contribution in [2.24, 2.45) is 0 Å². The zero-order chi connectivity index (χ0) is 29.5. The molecule has 1 aliphatic rings. The molecule has 208 valence electrons. The molecule has 0 bridgehead atoms. The highest BCUT2D eigenvalue weighted by molar-refractivity contribution is 6.17. The zero-order valence-electron chi connectivity index (χ0n) is 24.4. The third-order valence-electron chi connectivity index (χ3n) is 9.58. The molecule has 9 aromatic rings. The fraction of sp³-hybridized carbons (Fsp3) is 0. The van der Waals surface area contributed by atoms with E-state index < -0.39 is 0 Å². The molecule has 0 saturated carbocycles. The van der Waals surface area contributed by atoms with Gasteiger partial charge in [0.2, 0.25) is 0 Å². The predicted molar refractivity (Wildman–Crippen MR) is 189 cm³/mol. The Morgan fingerprint density at radius 3 is 1.60 bits per heavy atom. The molecule has 45 heavy (non-hydrogen) atoms. The number of furan rings is 1. The van der Waals surface area contributed by atoms with Gasteiger partial charge in [0, 0.05) is 21.9 Å². The minimum atomic E-state index is 0.931. The standard InChI is InChI=1S/C44H26O/c1-2-9-27(10-3-1)34-14-7-17-39-40-18-8-15-35(44(40)45-43(34)39)31-22-21-28-23-30(20-19-29(28)24-31)33-25-32-11-6-16-38-36-12-4-5-13-37(36)41(26-33)42(32)38/h1-26H. The van der Waals surface area contributed by atoms with Crippen molar-refractivity contribution in [2.75, 3.05) is 0 Å². The number of hydrogen-bond donors (Lipinski definition) is 0. The highest BCUT2D eigenvalue weighted by Gasteiger charge is 2.22. The van der Waals surface area contributed by atoms with Gasteiger partial charge in [-0.05, 0) is 90.3 Å². The molecule has 1 aromatic heterocycles. The summed E-state index contributed by atoms with van der Waals surface area (Å²) >= 11 is 0. The Kier molecular flexibility index (Phi) is 5.06. The largest absolute Gasteiger partial charge is 0.455 e. The molecule has 0 aliphatic heterocycles. The summed E-state index contributed by atoms with van der Waals surface area (Å²) in [6.07, 6.45) is 0. The molecule has 0 unspecified atom stereocenters. The van der Waals surface area contributed by atoms with E-state index in [-0.39, 0.29) is 0 Å². The Balaban J connectivity index is 1.09. The number of rotatable bonds is 3. The van der Waals surface area contributed by atoms with E-state index in [9.17, 15) is 0 Å². The van der Waals surface area contributed by atoms with Crippen LogP contribution in [0.15, 0.2) is 162 Å². The molecule has 0 saturated heterocycles. The molecule has 0 spiro atoms. The van der Waals surface area contributed by atoms with E-state index in [0.717, 1.165) is 44.2 Å². The Bertz CT molecular complexity index is 2640. The topological polar surface area (TPSA) is 13.1 Å². The van der Waals surface area contributed by atoms with Crippen LogP contribution >= 0.6 is 0 Å². The fourth-order valence-electron chi connectivity index (χ4n) is 7.47. The molecular formula is C44H26O. The maximum Gasteiger partial charge on any atom is 0.143 e. The first-order valence-corrected chi connectivity index (χ1v) is 15.5. The van der Waals surface area contributed by atoms with Gasteiger partial charge < -0.3 is 4.42 Å². The molecule has 0 N–H and O–H groups in total. The van der Waals surface area contributed by atoms with Crippen molar-refractivity contribution in [3.05, 3.63) is 158 Å². The number of para-hydroxylation sites is 2. The second kappa shape index (κ2) is 9.29. The average Bonchev–Trinajstić information content (AvgIpc) is 3.65. The molecule has 1 heteroatoms. The number of benzene rings is 8. The van der Waals surface area contributed by atoms with Crippen molar-refractivity contribution in [3.63, 3.8) is 0 Å². The molecule has 10 rings (SSSR count). The lowest BCUT2D eigenvalue weighted by Gasteiger charge is -2.10. The normalized spacial score (nSPS) is 12.0. The van der Waals surface area contributed by atoms with Crippen LogP contribution in [0.5, 0.6) is 0 Å². The van der Waals surface area contributed by atoms with Crippen molar-refractivity contribution in [1.29, 1.82) is 0 Å². The summed E-state index contributed by atoms with van der Waals surface area (Å²) in [7, 11) is 0. The summed E-state index contributed by atoms with van der Waals surface area (Å²) in [6, 6.07) is 57.2. The predicted octanol–water partition coefficient (Wildman–Crippen LogP) is 12.5. The third-order valence-corrected chi connectivity index (χ3v) is 9.58. The van der Waals surface area contributed by atoms with E-state index in [4.69, 9.17) is 4.42 Å². The van der Waals surface area contributed by atoms with Gasteiger partial charge in [0.1, 0.15) is 11.2 Å². The monoisotopic (exact) mass is 570 g/mol. The molecule has 0 amide bonds. The van der Waals surface area contributed by atoms with Crippen LogP contribution < -0.4 is 0 Å². The van der Waals surface area contributed by atoms with E-state index in [1.165, 1.54) is 54.9 Å². The Hall–Kier alpha value is -5.92. The van der Waals surface area contributed by atoms with Crippen LogP contribution in [0, 0.1) is 0 Å². The Morgan fingerprint density at radius 1 is 0.289 bits per heavy atom. The second-order valence-corrected chi connectivity index (χ2v) is 12.1. The summed E-state index contributed by atoms with van der Waals surface area (Å²) in [5.41, 5.74) is 14.2. The van der Waals surface area contributed by atoms with Gasteiger partial charge >= 0.3 is 0 Å². The molecule has 8 aromatic carbocycles. The summed E-state index contributed by atoms with van der Waals surface area (Å²) in [5.74, 6) is 0. The van der Waals surface area contributed by atoms with Gasteiger partial charge in [0.15, 0.2) is 0 Å². The lowest BCUT2D eigenvalue weighted by atomic mass is 9.94. The summed E-state index contributed by atoms with van der Waals surface area (Å²) < 4.78 is 6.70. The summed E-state index contributed by atoms with van der Waals surface area (Å²) in [4.78, 5) is 0. The molecule has 0 fully saturated rings. The number of fused-ring (bicyclic) bond motifs is 7. The molecule has 0 atom stereocenters. The molecule has 1 heterocycles. The Labute approximate surface area is 260 Å². The van der Waals surface area contributed by atoms with Gasteiger partial charge in [0.05, 0.1) is 0 Å². The van der Waals surface area contributed by atoms with Crippen LogP contribution in [0.1, 0.15) is 0 Å². The van der Waals surface area contributed by atoms with Crippen LogP contribution in [0.4, 0.5) is 0 Å². The Morgan fingerprint density at radius 2 is 0.844 bits per heavy atom. The minimum Gasteiger partial charge on any atom is -0.455 e. The van der Waals surface area contributed by atoms with Gasteiger partial charge in [-0.25, -0.2) is 0 Å². The van der Waals surface area contributed by atoms with E-state index >= 15 is 0 Å². The smallest absolute Gasteiger partial charge is 0.143 e. The van der Waals surface area contributed by atoms with E-state index in [0.29, 0.717) is 0 Å². The molecule has 1 aliphatic carbocycles. The minimum absolute atomic E-state index is 0.931. The van der Waals surface area contributed by atoms with Gasteiger partial charge in [-0.15, -0.1) is 0 Å². The van der Waals surface area contributed by atoms with Crippen molar-refractivity contribution in [2.45, 2.75) is 0 Å². The van der Waals surface area contributed by atoms with Crippen LogP contribution in [-0.4, -0.2) is 0 Å². The molecule has 0 radical (unpaired) electrons. The van der Waals surface area contributed by atoms with E-state index in [2.05, 4.69) is 158 Å². The fourth-order valence-corrected chi connectivity index (χ4v) is 7.47. The molecular weight excluding hydrogens is 544 g/mol. The van der Waals surface area contributed by atoms with Crippen LogP contribution in [0.2, 0.25) is 0 Å². The van der Waals surface area contributed by atoms with Crippen LogP contribution in [-0.2, 0) is 0 Å². The number of hydrogen-bond acceptors (Lipinski definition) is 1. The average molecular weight is 571 g/mol. The van der Waals surface area contributed by atoms with Crippen molar-refractivity contribution in [3.8, 4) is 55.6 Å². The van der Waals surface area contributed by atoms with Gasteiger partial charge in [0.25, 0.3) is 0 Å². The lowest BCUT2D eigenvalue weighted by Crippen LogP contribution is -1.84. The summed E-state index contributed by atoms with van der Waals surface area (Å²) in [6.45, 7) is 0. The van der Waals surface area contributed by atoms with E-state index in [1.54, 1.807) is 0 Å². The quantitative estimate of drug-likeness (QED) is 0.206. The zero-order valence-corrected chi connectivity index (χ0v) is 24.4. The first kappa shape index (κ1) is 24.5. The van der Waals surface area contributed by atoms with Crippen molar-refractivity contribution >= 4 is 43.5 Å². The van der Waals surface area contributed by atoms with Gasteiger partial charge in [-0.2, -0.15) is 0 Å². The lowest BCUT2D eigenvalue weighted by molar-refractivity contribution is 0.671. The summed E-state index contributed by atoms with van der Waals surface area (Å²) in [5, 5.41) is 7.39.